The lowest BCUT2D eigenvalue weighted by Gasteiger charge is -2.28. The molecule has 386 valence electrons. The van der Waals surface area contributed by atoms with E-state index in [1.807, 2.05) is 21.1 Å². The number of likely N-dealkylation sites (N-methyl/N-ethyl adjacent to an activating group) is 1. The van der Waals surface area contributed by atoms with Crippen molar-refractivity contribution in [2.24, 2.45) is 0 Å². The molecule has 0 rings (SSSR count). The highest BCUT2D eigenvalue weighted by Gasteiger charge is 2.22. The standard InChI is InChI=1S/C55H108NO8P/c1-6-8-10-12-14-16-18-20-22-23-24-25-26-27-28-29-30-31-32-34-35-37-39-41-43-45-47-54(57)61-51-53(52-63-65(59,60)62-50-49-56(3,4)5)64-55(58)48-46-44-42-40-38-36-33-21-19-17-15-13-11-9-7-2/h21,33,53H,6-20,22-32,34-52H2,1-5H3/b33-21-. The van der Waals surface area contributed by atoms with Crippen molar-refractivity contribution in [1.82, 2.24) is 0 Å². The number of phosphoric ester groups is 1. The van der Waals surface area contributed by atoms with Gasteiger partial charge in [-0.1, -0.05) is 238 Å². The molecule has 0 aromatic heterocycles. The first-order valence-electron chi connectivity index (χ1n) is 27.9. The number of unbranched alkanes of at least 4 members (excludes halogenated alkanes) is 36. The van der Waals surface area contributed by atoms with Gasteiger partial charge in [0.1, 0.15) is 19.8 Å². The van der Waals surface area contributed by atoms with E-state index >= 15 is 0 Å². The van der Waals surface area contributed by atoms with Gasteiger partial charge in [0.2, 0.25) is 0 Å². The summed E-state index contributed by atoms with van der Waals surface area (Å²) in [7, 11) is 1.18. The highest BCUT2D eigenvalue weighted by atomic mass is 31.2. The van der Waals surface area contributed by atoms with Gasteiger partial charge in [-0.05, 0) is 38.5 Å². The van der Waals surface area contributed by atoms with Gasteiger partial charge < -0.3 is 27.9 Å². The third-order valence-corrected chi connectivity index (χ3v) is 13.5. The minimum Gasteiger partial charge on any atom is -0.756 e. The van der Waals surface area contributed by atoms with Crippen LogP contribution >= 0.6 is 7.82 Å². The van der Waals surface area contributed by atoms with Gasteiger partial charge in [-0.2, -0.15) is 0 Å². The summed E-state index contributed by atoms with van der Waals surface area (Å²) in [5.74, 6) is -0.827. The van der Waals surface area contributed by atoms with Crippen molar-refractivity contribution in [3.05, 3.63) is 12.2 Å². The molecule has 0 aromatic rings. The molecule has 0 aromatic carbocycles. The normalized spacial score (nSPS) is 13.4. The fraction of sp³-hybridized carbons (Fsp3) is 0.927. The summed E-state index contributed by atoms with van der Waals surface area (Å²) in [4.78, 5) is 37.7. The molecule has 0 aliphatic rings. The summed E-state index contributed by atoms with van der Waals surface area (Å²) in [6.07, 6.45) is 54.0. The maximum Gasteiger partial charge on any atom is 0.306 e. The number of hydrogen-bond acceptors (Lipinski definition) is 8. The van der Waals surface area contributed by atoms with Crippen molar-refractivity contribution in [3.63, 3.8) is 0 Å². The van der Waals surface area contributed by atoms with E-state index in [-0.39, 0.29) is 32.0 Å². The smallest absolute Gasteiger partial charge is 0.306 e. The molecule has 0 saturated heterocycles. The van der Waals surface area contributed by atoms with Crippen LogP contribution in [0.4, 0.5) is 0 Å². The van der Waals surface area contributed by atoms with Crippen LogP contribution in [0.2, 0.25) is 0 Å². The van der Waals surface area contributed by atoms with E-state index in [2.05, 4.69) is 26.0 Å². The monoisotopic (exact) mass is 942 g/mol. The Bertz CT molecular complexity index is 1110. The molecule has 0 heterocycles. The Kier molecular flexibility index (Phi) is 46.9. The molecule has 0 spiro atoms. The molecule has 9 nitrogen and oxygen atoms in total. The van der Waals surface area contributed by atoms with E-state index in [4.69, 9.17) is 18.5 Å². The summed E-state index contributed by atoms with van der Waals surface area (Å²) < 4.78 is 34.1. The second-order valence-electron chi connectivity index (χ2n) is 20.3. The average molecular weight is 942 g/mol. The minimum atomic E-state index is -4.63. The molecular weight excluding hydrogens is 834 g/mol. The molecule has 0 aliphatic carbocycles. The number of carbonyl (C=O) groups excluding carboxylic acids is 2. The first-order valence-corrected chi connectivity index (χ1v) is 29.4. The van der Waals surface area contributed by atoms with Gasteiger partial charge in [0, 0.05) is 12.8 Å². The molecule has 0 N–H and O–H groups in total. The molecule has 0 amide bonds. The predicted octanol–water partition coefficient (Wildman–Crippen LogP) is 16.2. The minimum absolute atomic E-state index is 0.0289. The highest BCUT2D eigenvalue weighted by molar-refractivity contribution is 7.45. The molecular formula is C55H108NO8P. The number of rotatable bonds is 52. The van der Waals surface area contributed by atoms with Gasteiger partial charge in [-0.15, -0.1) is 0 Å². The highest BCUT2D eigenvalue weighted by Crippen LogP contribution is 2.38. The lowest BCUT2D eigenvalue weighted by molar-refractivity contribution is -0.870. The van der Waals surface area contributed by atoms with Gasteiger partial charge in [0.25, 0.3) is 7.82 Å². The lowest BCUT2D eigenvalue weighted by atomic mass is 10.0. The fourth-order valence-corrected chi connectivity index (χ4v) is 8.91. The number of quaternary nitrogens is 1. The van der Waals surface area contributed by atoms with Crippen molar-refractivity contribution >= 4 is 19.8 Å². The number of phosphoric acid groups is 1. The number of esters is 2. The van der Waals surface area contributed by atoms with E-state index in [0.29, 0.717) is 17.4 Å². The average Bonchev–Trinajstić information content (AvgIpc) is 3.26. The Morgan fingerprint density at radius 1 is 0.462 bits per heavy atom. The summed E-state index contributed by atoms with van der Waals surface area (Å²) in [6, 6.07) is 0. The van der Waals surface area contributed by atoms with Crippen LogP contribution in [0.3, 0.4) is 0 Å². The van der Waals surface area contributed by atoms with E-state index in [1.165, 1.54) is 193 Å². The summed E-state index contributed by atoms with van der Waals surface area (Å²) in [5.41, 5.74) is 0. The quantitative estimate of drug-likeness (QED) is 0.0195. The molecule has 0 fully saturated rings. The third kappa shape index (κ3) is 52.0. The van der Waals surface area contributed by atoms with Crippen LogP contribution in [0.1, 0.15) is 277 Å². The maximum absolute atomic E-state index is 12.7. The van der Waals surface area contributed by atoms with E-state index in [9.17, 15) is 19.0 Å². The Labute approximate surface area is 403 Å². The zero-order chi connectivity index (χ0) is 47.8. The summed E-state index contributed by atoms with van der Waals surface area (Å²) in [5, 5.41) is 0. The van der Waals surface area contributed by atoms with E-state index in [1.54, 1.807) is 0 Å². The number of ether oxygens (including phenoxy) is 2. The van der Waals surface area contributed by atoms with Crippen molar-refractivity contribution in [3.8, 4) is 0 Å². The van der Waals surface area contributed by atoms with Crippen LogP contribution in [-0.4, -0.2) is 70.0 Å². The fourth-order valence-electron chi connectivity index (χ4n) is 8.18. The summed E-state index contributed by atoms with van der Waals surface area (Å²) in [6.45, 7) is 4.27. The Hall–Kier alpha value is -1.25. The Morgan fingerprint density at radius 3 is 1.14 bits per heavy atom. The van der Waals surface area contributed by atoms with Crippen molar-refractivity contribution < 1.29 is 42.1 Å². The van der Waals surface area contributed by atoms with Crippen LogP contribution in [-0.2, 0) is 32.7 Å². The van der Waals surface area contributed by atoms with E-state index in [0.717, 1.165) is 51.4 Å². The molecule has 0 aliphatic heterocycles. The molecule has 0 bridgehead atoms. The number of hydrogen-bond donors (Lipinski definition) is 0. The van der Waals surface area contributed by atoms with Crippen LogP contribution in [0.5, 0.6) is 0 Å². The van der Waals surface area contributed by atoms with Crippen molar-refractivity contribution in [1.29, 1.82) is 0 Å². The molecule has 2 unspecified atom stereocenters. The van der Waals surface area contributed by atoms with Gasteiger partial charge in [0.05, 0.1) is 27.7 Å². The summed E-state index contributed by atoms with van der Waals surface area (Å²) >= 11 is 0. The van der Waals surface area contributed by atoms with Crippen LogP contribution in [0.25, 0.3) is 0 Å². The second kappa shape index (κ2) is 47.8. The molecule has 0 saturated carbocycles. The third-order valence-electron chi connectivity index (χ3n) is 12.5. The Balaban J connectivity index is 4.08. The Morgan fingerprint density at radius 2 is 0.785 bits per heavy atom. The zero-order valence-electron chi connectivity index (χ0n) is 43.7. The SMILES string of the molecule is CCCCCCCC/C=C\CCCCCCCC(=O)OC(COC(=O)CCCCCCCCCCCCCCCCCCCCCCCCCCCC)COP(=O)([O-])OCC[N+](C)(C)C. The van der Waals surface area contributed by atoms with Gasteiger partial charge in [0.15, 0.2) is 6.10 Å². The number of nitrogens with zero attached hydrogens (tertiary/aromatic N) is 1. The molecule has 0 radical (unpaired) electrons. The first-order chi connectivity index (χ1) is 31.5. The molecule has 10 heteroatoms. The second-order valence-corrected chi connectivity index (χ2v) is 21.7. The largest absolute Gasteiger partial charge is 0.756 e. The van der Waals surface area contributed by atoms with Gasteiger partial charge in [-0.25, -0.2) is 0 Å². The van der Waals surface area contributed by atoms with Crippen LogP contribution in [0, 0.1) is 0 Å². The van der Waals surface area contributed by atoms with Crippen LogP contribution < -0.4 is 4.89 Å². The lowest BCUT2D eigenvalue weighted by Crippen LogP contribution is -2.37. The molecule has 2 atom stereocenters. The first kappa shape index (κ1) is 63.8. The van der Waals surface area contributed by atoms with Gasteiger partial charge >= 0.3 is 11.9 Å². The van der Waals surface area contributed by atoms with Crippen molar-refractivity contribution in [2.75, 3.05) is 47.5 Å². The zero-order valence-corrected chi connectivity index (χ0v) is 44.6. The predicted molar refractivity (Wildman–Crippen MR) is 273 cm³/mol. The maximum atomic E-state index is 12.7. The molecule has 65 heavy (non-hydrogen) atoms. The van der Waals surface area contributed by atoms with E-state index < -0.39 is 26.5 Å². The van der Waals surface area contributed by atoms with Crippen molar-refractivity contribution in [2.45, 2.75) is 283 Å². The van der Waals surface area contributed by atoms with Crippen LogP contribution in [0.15, 0.2) is 12.2 Å². The number of allylic oxidation sites excluding steroid dienone is 2. The van der Waals surface area contributed by atoms with Gasteiger partial charge in [-0.3, -0.25) is 14.2 Å². The number of carbonyl (C=O) groups is 2. The topological polar surface area (TPSA) is 111 Å².